The second-order valence-corrected chi connectivity index (χ2v) is 11.8. The molecule has 47 heavy (non-hydrogen) atoms. The Balaban J connectivity index is 1.36. The summed E-state index contributed by atoms with van der Waals surface area (Å²) in [6.45, 7) is 3.92. The van der Waals surface area contributed by atoms with Crippen LogP contribution >= 0.6 is 0 Å². The molecule has 5 aromatic rings. The van der Waals surface area contributed by atoms with Crippen LogP contribution in [0.5, 0.6) is 5.88 Å². The lowest BCUT2D eigenvalue weighted by Gasteiger charge is -2.28. The van der Waals surface area contributed by atoms with Gasteiger partial charge in [0.25, 0.3) is 0 Å². The third-order valence-corrected chi connectivity index (χ3v) is 8.18. The van der Waals surface area contributed by atoms with Crippen LogP contribution in [0.4, 0.5) is 22.0 Å². The molecule has 1 aliphatic heterocycles. The minimum atomic E-state index is -1.51. The molecule has 1 fully saturated rings. The molecule has 0 spiro atoms. The van der Waals surface area contributed by atoms with E-state index < -0.39 is 64.1 Å². The van der Waals surface area contributed by atoms with Gasteiger partial charge in [0.2, 0.25) is 5.88 Å². The van der Waals surface area contributed by atoms with Crippen molar-refractivity contribution in [2.24, 2.45) is 5.41 Å². The number of fused-ring (bicyclic) bond motifs is 1. The van der Waals surface area contributed by atoms with Crippen LogP contribution in [0.3, 0.4) is 0 Å². The number of pyridine rings is 1. The maximum absolute atomic E-state index is 15.7. The number of carbonyl (C=O) groups is 1. The minimum absolute atomic E-state index is 0.0153. The van der Waals surface area contributed by atoms with Gasteiger partial charge in [0.15, 0.2) is 17.5 Å². The number of rotatable bonds is 8. The van der Waals surface area contributed by atoms with Gasteiger partial charge in [0.1, 0.15) is 29.6 Å². The van der Waals surface area contributed by atoms with Gasteiger partial charge in [0.05, 0.1) is 47.7 Å². The van der Waals surface area contributed by atoms with Crippen LogP contribution in [0, 0.1) is 45.8 Å². The highest BCUT2D eigenvalue weighted by Crippen LogP contribution is 2.41. The summed E-state index contributed by atoms with van der Waals surface area (Å²) in [5.74, 6) is -7.12. The molecule has 1 atom stereocenters. The Labute approximate surface area is 264 Å². The molecule has 1 saturated heterocycles. The van der Waals surface area contributed by atoms with E-state index in [-0.39, 0.29) is 58.3 Å². The fraction of sp³-hybridized carbons (Fsp3) is 0.235. The van der Waals surface area contributed by atoms with Crippen molar-refractivity contribution in [1.82, 2.24) is 14.5 Å². The van der Waals surface area contributed by atoms with Gasteiger partial charge in [-0.1, -0.05) is 26.0 Å². The first-order valence-corrected chi connectivity index (χ1v) is 14.3. The van der Waals surface area contributed by atoms with Crippen molar-refractivity contribution in [2.75, 3.05) is 13.2 Å². The average Bonchev–Trinajstić information content (AvgIpc) is 3.58. The second-order valence-electron chi connectivity index (χ2n) is 11.8. The number of benzene rings is 3. The molecule has 0 aliphatic carbocycles. The van der Waals surface area contributed by atoms with Crippen LogP contribution in [-0.2, 0) is 17.8 Å². The van der Waals surface area contributed by atoms with Crippen molar-refractivity contribution in [3.8, 4) is 23.2 Å². The molecule has 0 saturated carbocycles. The molecule has 3 heterocycles. The van der Waals surface area contributed by atoms with Crippen molar-refractivity contribution >= 4 is 17.0 Å². The van der Waals surface area contributed by atoms with Crippen LogP contribution in [0.2, 0.25) is 0 Å². The predicted octanol–water partition coefficient (Wildman–Crippen LogP) is 7.13. The predicted molar refractivity (Wildman–Crippen MR) is 158 cm³/mol. The number of aromatic nitrogens is 3. The fourth-order valence-corrected chi connectivity index (χ4v) is 5.65. The molecule has 3 aromatic carbocycles. The first-order valence-electron chi connectivity index (χ1n) is 14.3. The molecule has 6 rings (SSSR count). The Kier molecular flexibility index (Phi) is 8.15. The molecule has 1 N–H and O–H groups in total. The van der Waals surface area contributed by atoms with Gasteiger partial charge in [0, 0.05) is 34.6 Å². The smallest absolute Gasteiger partial charge is 0.335 e. The molecule has 0 unspecified atom stereocenters. The lowest BCUT2D eigenvalue weighted by molar-refractivity contribution is 0.0696. The molecular formula is C34H25F5N4O4. The topological polar surface area (TPSA) is 110 Å². The average molecular weight is 649 g/mol. The molecule has 1 aliphatic rings. The van der Waals surface area contributed by atoms with E-state index in [9.17, 15) is 14.3 Å². The summed E-state index contributed by atoms with van der Waals surface area (Å²) in [7, 11) is 0. The number of imidazole rings is 1. The standard InChI is InChI=1S/C34H25F5N4O4/c1-34(2)16-46-15-27(34)43-26-10-19(33(44)45)9-24(37)32(26)42-28(43)12-20-23(36)11-21(31(39)30(20)38)25-4-3-5-29(41-25)47-14-18-7-6-17(13-40)8-22(18)35/h3-11,27H,12,14-16H2,1-2H3,(H,44,45)/t27-/m1/s1. The van der Waals surface area contributed by atoms with E-state index in [0.29, 0.717) is 6.61 Å². The number of carboxylic acids is 1. The third-order valence-electron chi connectivity index (χ3n) is 8.18. The van der Waals surface area contributed by atoms with Crippen molar-refractivity contribution < 1.29 is 41.3 Å². The maximum atomic E-state index is 15.7. The zero-order valence-electron chi connectivity index (χ0n) is 25.0. The van der Waals surface area contributed by atoms with E-state index >= 15 is 17.6 Å². The number of carboxylic acid groups (broad SMARTS) is 1. The Morgan fingerprint density at radius 1 is 1.04 bits per heavy atom. The van der Waals surface area contributed by atoms with Crippen LogP contribution < -0.4 is 4.74 Å². The summed E-state index contributed by atoms with van der Waals surface area (Å²) >= 11 is 0. The summed E-state index contributed by atoms with van der Waals surface area (Å²) < 4.78 is 89.0. The van der Waals surface area contributed by atoms with Gasteiger partial charge in [-0.15, -0.1) is 0 Å². The molecule has 13 heteroatoms. The molecule has 8 nitrogen and oxygen atoms in total. The molecule has 0 bridgehead atoms. The molecule has 0 radical (unpaired) electrons. The zero-order chi connectivity index (χ0) is 33.6. The van der Waals surface area contributed by atoms with Gasteiger partial charge >= 0.3 is 5.97 Å². The maximum Gasteiger partial charge on any atom is 0.335 e. The number of aromatic carboxylic acids is 1. The van der Waals surface area contributed by atoms with Gasteiger partial charge in [-0.2, -0.15) is 5.26 Å². The number of ether oxygens (including phenoxy) is 2. The normalized spacial score (nSPS) is 15.6. The largest absolute Gasteiger partial charge is 0.478 e. The van der Waals surface area contributed by atoms with Crippen LogP contribution in [-0.4, -0.2) is 38.8 Å². The number of hydrogen-bond donors (Lipinski definition) is 1. The SMILES string of the molecule is CC1(C)COC[C@H]1n1c(Cc2c(F)cc(-c3cccc(OCc4ccc(C#N)cc4F)n3)c(F)c2F)nc2c(F)cc(C(=O)O)cc21. The first kappa shape index (κ1) is 31.6. The van der Waals surface area contributed by atoms with E-state index in [0.717, 1.165) is 18.2 Å². The lowest BCUT2D eigenvalue weighted by Crippen LogP contribution is -2.27. The van der Waals surface area contributed by atoms with Gasteiger partial charge in [-0.25, -0.2) is 36.7 Å². The zero-order valence-corrected chi connectivity index (χ0v) is 25.0. The number of nitriles is 1. The summed E-state index contributed by atoms with van der Waals surface area (Å²) in [5.41, 5.74) is -2.08. The van der Waals surface area contributed by atoms with E-state index in [4.69, 9.17) is 14.7 Å². The first-order chi connectivity index (χ1) is 22.4. The van der Waals surface area contributed by atoms with E-state index in [1.54, 1.807) is 0 Å². The van der Waals surface area contributed by atoms with E-state index in [2.05, 4.69) is 9.97 Å². The third kappa shape index (κ3) is 5.88. The quantitative estimate of drug-likeness (QED) is 0.141. The van der Waals surface area contributed by atoms with Gasteiger partial charge in [-0.3, -0.25) is 0 Å². The summed E-state index contributed by atoms with van der Waals surface area (Å²) in [6, 6.07) is 12.1. The second kappa shape index (κ2) is 12.1. The summed E-state index contributed by atoms with van der Waals surface area (Å²) in [6.07, 6.45) is -0.593. The summed E-state index contributed by atoms with van der Waals surface area (Å²) in [5, 5.41) is 18.4. The van der Waals surface area contributed by atoms with Crippen molar-refractivity contribution in [1.29, 1.82) is 5.26 Å². The molecule has 0 amide bonds. The Bertz CT molecular complexity index is 2110. The van der Waals surface area contributed by atoms with Crippen molar-refractivity contribution in [3.05, 3.63) is 112 Å². The summed E-state index contributed by atoms with van der Waals surface area (Å²) in [4.78, 5) is 20.1. The van der Waals surface area contributed by atoms with Crippen LogP contribution in [0.15, 0.2) is 54.6 Å². The van der Waals surface area contributed by atoms with Crippen LogP contribution in [0.25, 0.3) is 22.3 Å². The van der Waals surface area contributed by atoms with Crippen molar-refractivity contribution in [2.45, 2.75) is 32.9 Å². The minimum Gasteiger partial charge on any atom is -0.478 e. The number of nitrogens with zero attached hydrogens (tertiary/aromatic N) is 4. The van der Waals surface area contributed by atoms with E-state index in [1.165, 1.54) is 41.0 Å². The molecule has 240 valence electrons. The molecular weight excluding hydrogens is 623 g/mol. The highest BCUT2D eigenvalue weighted by Gasteiger charge is 2.39. The number of halogens is 5. The van der Waals surface area contributed by atoms with Gasteiger partial charge in [-0.05, 0) is 36.4 Å². The van der Waals surface area contributed by atoms with Crippen LogP contribution in [0.1, 0.15) is 52.8 Å². The van der Waals surface area contributed by atoms with Crippen molar-refractivity contribution in [3.63, 3.8) is 0 Å². The number of hydrogen-bond acceptors (Lipinski definition) is 6. The molecule has 2 aromatic heterocycles. The monoisotopic (exact) mass is 648 g/mol. The van der Waals surface area contributed by atoms with E-state index in [1.807, 2.05) is 19.9 Å². The fourth-order valence-electron chi connectivity index (χ4n) is 5.65. The Morgan fingerprint density at radius 2 is 1.83 bits per heavy atom. The Hall–Kier alpha value is -5.35. The highest BCUT2D eigenvalue weighted by atomic mass is 19.2. The Morgan fingerprint density at radius 3 is 2.51 bits per heavy atom. The van der Waals surface area contributed by atoms with Gasteiger partial charge < -0.3 is 19.1 Å². The highest BCUT2D eigenvalue weighted by molar-refractivity contribution is 5.93. The lowest BCUT2D eigenvalue weighted by atomic mass is 9.87.